The minimum absolute atomic E-state index is 0.0987. The number of benzene rings is 1. The first-order valence-electron chi connectivity index (χ1n) is 6.86. The van der Waals surface area contributed by atoms with Gasteiger partial charge in [0.2, 0.25) is 5.91 Å². The van der Waals surface area contributed by atoms with Crippen LogP contribution in [-0.2, 0) is 4.79 Å². The Kier molecular flexibility index (Phi) is 4.43. The highest BCUT2D eigenvalue weighted by Crippen LogP contribution is 2.21. The summed E-state index contributed by atoms with van der Waals surface area (Å²) in [7, 11) is 0. The molecule has 1 aliphatic rings. The lowest BCUT2D eigenvalue weighted by Gasteiger charge is -2.22. The third kappa shape index (κ3) is 4.24. The first-order chi connectivity index (χ1) is 9.07. The third-order valence-electron chi connectivity index (χ3n) is 3.63. The number of carbonyl (C=O) groups is 1. The molecule has 0 radical (unpaired) electrons. The van der Waals surface area contributed by atoms with Crippen LogP contribution in [0.2, 0.25) is 0 Å². The lowest BCUT2D eigenvalue weighted by atomic mass is 9.98. The molecule has 1 unspecified atom stereocenters. The standard InChI is InChI=1S/C15H22N2O2/c1-15(19)8-5-10-17(11-9-15)14(18)12-16-13-6-3-2-4-7-13/h2-4,6-7,16,19H,5,8-12H2,1H3. The van der Waals surface area contributed by atoms with Gasteiger partial charge in [-0.25, -0.2) is 0 Å². The summed E-state index contributed by atoms with van der Waals surface area (Å²) in [5, 5.41) is 13.1. The average molecular weight is 262 g/mol. The van der Waals surface area contributed by atoms with Crippen molar-refractivity contribution < 1.29 is 9.90 Å². The maximum Gasteiger partial charge on any atom is 0.241 e. The fraction of sp³-hybridized carbons (Fsp3) is 0.533. The van der Waals surface area contributed by atoms with E-state index >= 15 is 0 Å². The SMILES string of the molecule is CC1(O)CCCN(C(=O)CNc2ccccc2)CC1. The van der Waals surface area contributed by atoms with Crippen LogP contribution in [0.25, 0.3) is 0 Å². The molecule has 1 aliphatic heterocycles. The summed E-state index contributed by atoms with van der Waals surface area (Å²) < 4.78 is 0. The zero-order chi connectivity index (χ0) is 13.7. The maximum absolute atomic E-state index is 12.1. The molecule has 1 saturated heterocycles. The van der Waals surface area contributed by atoms with Gasteiger partial charge in [-0.15, -0.1) is 0 Å². The van der Waals surface area contributed by atoms with Gasteiger partial charge in [0.15, 0.2) is 0 Å². The second-order valence-electron chi connectivity index (χ2n) is 5.45. The summed E-state index contributed by atoms with van der Waals surface area (Å²) in [5.74, 6) is 0.0987. The van der Waals surface area contributed by atoms with Crippen molar-refractivity contribution in [2.75, 3.05) is 25.0 Å². The number of aliphatic hydroxyl groups is 1. The summed E-state index contributed by atoms with van der Waals surface area (Å²) in [4.78, 5) is 14.0. The van der Waals surface area contributed by atoms with E-state index in [9.17, 15) is 9.90 Å². The molecule has 1 heterocycles. The monoisotopic (exact) mass is 262 g/mol. The highest BCUT2D eigenvalue weighted by Gasteiger charge is 2.26. The lowest BCUT2D eigenvalue weighted by Crippen LogP contribution is -2.37. The fourth-order valence-electron chi connectivity index (χ4n) is 2.36. The van der Waals surface area contributed by atoms with Gasteiger partial charge in [0.05, 0.1) is 12.1 Å². The van der Waals surface area contributed by atoms with Gasteiger partial charge in [-0.3, -0.25) is 4.79 Å². The Bertz CT molecular complexity index is 417. The molecule has 19 heavy (non-hydrogen) atoms. The van der Waals surface area contributed by atoms with Crippen molar-refractivity contribution in [3.8, 4) is 0 Å². The number of hydrogen-bond donors (Lipinski definition) is 2. The van der Waals surface area contributed by atoms with Crippen molar-refractivity contribution in [3.63, 3.8) is 0 Å². The van der Waals surface area contributed by atoms with E-state index in [0.717, 1.165) is 25.1 Å². The van der Waals surface area contributed by atoms with E-state index in [1.807, 2.05) is 42.2 Å². The van der Waals surface area contributed by atoms with E-state index in [-0.39, 0.29) is 5.91 Å². The normalized spacial score (nSPS) is 23.8. The van der Waals surface area contributed by atoms with Crippen LogP contribution in [0.1, 0.15) is 26.2 Å². The summed E-state index contributed by atoms with van der Waals surface area (Å²) in [6, 6.07) is 9.72. The molecule has 2 N–H and O–H groups in total. The van der Waals surface area contributed by atoms with Crippen LogP contribution >= 0.6 is 0 Å². The second-order valence-corrected chi connectivity index (χ2v) is 5.45. The summed E-state index contributed by atoms with van der Waals surface area (Å²) in [6.45, 7) is 3.54. The number of anilines is 1. The Morgan fingerprint density at radius 1 is 1.32 bits per heavy atom. The van der Waals surface area contributed by atoms with Crippen molar-refractivity contribution in [3.05, 3.63) is 30.3 Å². The molecule has 0 spiro atoms. The molecule has 1 atom stereocenters. The number of hydrogen-bond acceptors (Lipinski definition) is 3. The molecule has 2 rings (SSSR count). The molecule has 1 fully saturated rings. The molecule has 0 aromatic heterocycles. The summed E-state index contributed by atoms with van der Waals surface area (Å²) in [5.41, 5.74) is 0.333. The maximum atomic E-state index is 12.1. The van der Waals surface area contributed by atoms with Crippen LogP contribution in [0, 0.1) is 0 Å². The van der Waals surface area contributed by atoms with Crippen LogP contribution in [-0.4, -0.2) is 41.1 Å². The third-order valence-corrected chi connectivity index (χ3v) is 3.63. The quantitative estimate of drug-likeness (QED) is 0.874. The predicted octanol–water partition coefficient (Wildman–Crippen LogP) is 1.86. The van der Waals surface area contributed by atoms with Gasteiger partial charge in [0.25, 0.3) is 0 Å². The Hall–Kier alpha value is -1.55. The van der Waals surface area contributed by atoms with E-state index in [0.29, 0.717) is 19.5 Å². The van der Waals surface area contributed by atoms with E-state index in [1.54, 1.807) is 0 Å². The van der Waals surface area contributed by atoms with E-state index in [1.165, 1.54) is 0 Å². The Labute approximate surface area is 114 Å². The molecule has 0 aliphatic carbocycles. The minimum atomic E-state index is -0.623. The second kappa shape index (κ2) is 6.06. The molecule has 0 bridgehead atoms. The number of para-hydroxylation sites is 1. The van der Waals surface area contributed by atoms with Gasteiger partial charge >= 0.3 is 0 Å². The van der Waals surface area contributed by atoms with E-state index < -0.39 is 5.60 Å². The Morgan fingerprint density at radius 3 is 2.79 bits per heavy atom. The van der Waals surface area contributed by atoms with Gasteiger partial charge in [-0.05, 0) is 38.3 Å². The van der Waals surface area contributed by atoms with E-state index in [4.69, 9.17) is 0 Å². The smallest absolute Gasteiger partial charge is 0.241 e. The predicted molar refractivity (Wildman–Crippen MR) is 76.0 cm³/mol. The first kappa shape index (κ1) is 13.9. The van der Waals surface area contributed by atoms with Gasteiger partial charge in [-0.2, -0.15) is 0 Å². The minimum Gasteiger partial charge on any atom is -0.390 e. The van der Waals surface area contributed by atoms with Crippen LogP contribution in [0.4, 0.5) is 5.69 Å². The number of nitrogens with one attached hydrogen (secondary N) is 1. The largest absolute Gasteiger partial charge is 0.390 e. The molecule has 4 heteroatoms. The molecular formula is C15H22N2O2. The zero-order valence-corrected chi connectivity index (χ0v) is 11.4. The Balaban J connectivity index is 1.83. The van der Waals surface area contributed by atoms with Crippen molar-refractivity contribution >= 4 is 11.6 Å². The van der Waals surface area contributed by atoms with Crippen molar-refractivity contribution in [1.29, 1.82) is 0 Å². The number of rotatable bonds is 3. The van der Waals surface area contributed by atoms with Crippen LogP contribution < -0.4 is 5.32 Å². The van der Waals surface area contributed by atoms with Gasteiger partial charge in [-0.1, -0.05) is 18.2 Å². The van der Waals surface area contributed by atoms with E-state index in [2.05, 4.69) is 5.32 Å². The first-order valence-corrected chi connectivity index (χ1v) is 6.86. The number of carbonyl (C=O) groups excluding carboxylic acids is 1. The van der Waals surface area contributed by atoms with Crippen LogP contribution in [0.5, 0.6) is 0 Å². The number of likely N-dealkylation sites (tertiary alicyclic amines) is 1. The van der Waals surface area contributed by atoms with Crippen LogP contribution in [0.15, 0.2) is 30.3 Å². The molecule has 1 aromatic carbocycles. The molecule has 1 aromatic rings. The van der Waals surface area contributed by atoms with Crippen molar-refractivity contribution in [1.82, 2.24) is 4.90 Å². The highest BCUT2D eigenvalue weighted by atomic mass is 16.3. The van der Waals surface area contributed by atoms with Gasteiger partial charge < -0.3 is 15.3 Å². The molecule has 104 valence electrons. The van der Waals surface area contributed by atoms with Crippen molar-refractivity contribution in [2.45, 2.75) is 31.8 Å². The lowest BCUT2D eigenvalue weighted by molar-refractivity contribution is -0.129. The zero-order valence-electron chi connectivity index (χ0n) is 11.4. The Morgan fingerprint density at radius 2 is 2.05 bits per heavy atom. The summed E-state index contributed by atoms with van der Waals surface area (Å²) >= 11 is 0. The van der Waals surface area contributed by atoms with Crippen molar-refractivity contribution in [2.24, 2.45) is 0 Å². The average Bonchev–Trinajstić information content (AvgIpc) is 2.58. The van der Waals surface area contributed by atoms with Crippen LogP contribution in [0.3, 0.4) is 0 Å². The van der Waals surface area contributed by atoms with Gasteiger partial charge in [0, 0.05) is 18.8 Å². The molecule has 1 amide bonds. The number of amides is 1. The fourth-order valence-corrected chi connectivity index (χ4v) is 2.36. The summed E-state index contributed by atoms with van der Waals surface area (Å²) in [6.07, 6.45) is 2.29. The molecular weight excluding hydrogens is 240 g/mol. The number of nitrogens with zero attached hydrogens (tertiary/aromatic N) is 1. The topological polar surface area (TPSA) is 52.6 Å². The highest BCUT2D eigenvalue weighted by molar-refractivity contribution is 5.80. The molecule has 0 saturated carbocycles. The molecule has 4 nitrogen and oxygen atoms in total. The van der Waals surface area contributed by atoms with Gasteiger partial charge in [0.1, 0.15) is 0 Å².